The molecular formula is C16H21N3O4. The van der Waals surface area contributed by atoms with Crippen LogP contribution in [-0.2, 0) is 9.53 Å². The van der Waals surface area contributed by atoms with Gasteiger partial charge in [0.05, 0.1) is 4.92 Å². The van der Waals surface area contributed by atoms with E-state index in [9.17, 15) is 14.9 Å². The molecular weight excluding hydrogens is 298 g/mol. The molecule has 0 unspecified atom stereocenters. The fourth-order valence-corrected chi connectivity index (χ4v) is 3.31. The average molecular weight is 319 g/mol. The Morgan fingerprint density at radius 2 is 2.04 bits per heavy atom. The van der Waals surface area contributed by atoms with Crippen molar-refractivity contribution in [3.05, 3.63) is 33.9 Å². The van der Waals surface area contributed by atoms with Gasteiger partial charge < -0.3 is 15.0 Å². The van der Waals surface area contributed by atoms with Crippen molar-refractivity contribution in [2.45, 2.75) is 38.3 Å². The van der Waals surface area contributed by atoms with Crippen molar-refractivity contribution < 1.29 is 14.5 Å². The lowest BCUT2D eigenvalue weighted by atomic mass is 10.1. The number of nitro benzene ring substituents is 1. The van der Waals surface area contributed by atoms with Gasteiger partial charge in [0.2, 0.25) is 5.91 Å². The maximum absolute atomic E-state index is 12.6. The minimum atomic E-state index is -0.419. The number of ether oxygens (including phenoxy) is 1. The lowest BCUT2D eigenvalue weighted by molar-refractivity contribution is -0.384. The third-order valence-electron chi connectivity index (χ3n) is 4.55. The normalized spacial score (nSPS) is 22.4. The summed E-state index contributed by atoms with van der Waals surface area (Å²) in [6, 6.07) is 4.75. The summed E-state index contributed by atoms with van der Waals surface area (Å²) in [7, 11) is 0. The van der Waals surface area contributed by atoms with Crippen LogP contribution in [-0.4, -0.2) is 47.6 Å². The molecule has 0 spiro atoms. The van der Waals surface area contributed by atoms with Crippen molar-refractivity contribution in [2.75, 3.05) is 25.1 Å². The van der Waals surface area contributed by atoms with Gasteiger partial charge in [-0.15, -0.1) is 0 Å². The molecule has 0 aliphatic carbocycles. The summed E-state index contributed by atoms with van der Waals surface area (Å²) in [5.74, 6) is 0.0349. The lowest BCUT2D eigenvalue weighted by Crippen LogP contribution is -2.43. The number of nitrogens with one attached hydrogen (secondary N) is 1. The zero-order valence-corrected chi connectivity index (χ0v) is 13.2. The summed E-state index contributed by atoms with van der Waals surface area (Å²) in [5, 5.41) is 14.2. The third kappa shape index (κ3) is 3.29. The maximum atomic E-state index is 12.6. The van der Waals surface area contributed by atoms with Gasteiger partial charge in [-0.3, -0.25) is 14.9 Å². The van der Waals surface area contributed by atoms with Gasteiger partial charge in [-0.2, -0.15) is 0 Å². The number of hydrogen-bond acceptors (Lipinski definition) is 5. The van der Waals surface area contributed by atoms with E-state index in [1.54, 1.807) is 12.1 Å². The first-order chi connectivity index (χ1) is 11.1. The van der Waals surface area contributed by atoms with E-state index in [0.29, 0.717) is 31.9 Å². The highest BCUT2D eigenvalue weighted by atomic mass is 16.6. The first kappa shape index (κ1) is 15.7. The van der Waals surface area contributed by atoms with Crippen molar-refractivity contribution in [1.29, 1.82) is 0 Å². The van der Waals surface area contributed by atoms with E-state index < -0.39 is 11.0 Å². The number of carbonyl (C=O) groups excluding carboxylic acids is 1. The van der Waals surface area contributed by atoms with Crippen LogP contribution in [0.1, 0.15) is 24.8 Å². The van der Waals surface area contributed by atoms with Crippen molar-refractivity contribution >= 4 is 17.3 Å². The van der Waals surface area contributed by atoms with Gasteiger partial charge in [0.15, 0.2) is 0 Å². The molecule has 3 rings (SSSR count). The molecule has 2 fully saturated rings. The van der Waals surface area contributed by atoms with Gasteiger partial charge in [0, 0.05) is 31.9 Å². The summed E-state index contributed by atoms with van der Waals surface area (Å²) in [4.78, 5) is 25.3. The molecule has 2 aliphatic rings. The first-order valence-electron chi connectivity index (χ1n) is 7.96. The summed E-state index contributed by atoms with van der Waals surface area (Å²) in [6.45, 7) is 3.95. The smallest absolute Gasteiger partial charge is 0.292 e. The molecule has 0 radical (unpaired) electrons. The molecule has 2 heterocycles. The molecule has 7 nitrogen and oxygen atoms in total. The predicted molar refractivity (Wildman–Crippen MR) is 85.4 cm³/mol. The SMILES string of the molecule is Cc1ccc([N+](=O)[O-])c(N[C@H]2CCN(C3CCOCC3)C2=O)c1. The number of nitrogens with zero attached hydrogens (tertiary/aromatic N) is 2. The number of likely N-dealkylation sites (tertiary alicyclic amines) is 1. The van der Waals surface area contributed by atoms with Crippen LogP contribution in [0.25, 0.3) is 0 Å². The Morgan fingerprint density at radius 3 is 2.74 bits per heavy atom. The van der Waals surface area contributed by atoms with Gasteiger partial charge in [-0.05, 0) is 37.8 Å². The number of anilines is 1. The van der Waals surface area contributed by atoms with E-state index in [4.69, 9.17) is 4.74 Å². The predicted octanol–water partition coefficient (Wildman–Crippen LogP) is 2.10. The van der Waals surface area contributed by atoms with Gasteiger partial charge in [0.25, 0.3) is 5.69 Å². The Morgan fingerprint density at radius 1 is 1.30 bits per heavy atom. The molecule has 1 aromatic carbocycles. The summed E-state index contributed by atoms with van der Waals surface area (Å²) in [5.41, 5.74) is 1.35. The molecule has 23 heavy (non-hydrogen) atoms. The Bertz CT molecular complexity index is 613. The van der Waals surface area contributed by atoms with Gasteiger partial charge >= 0.3 is 0 Å². The van der Waals surface area contributed by atoms with Crippen LogP contribution < -0.4 is 5.32 Å². The molecule has 2 aliphatic heterocycles. The topological polar surface area (TPSA) is 84.7 Å². The molecule has 1 atom stereocenters. The molecule has 1 N–H and O–H groups in total. The number of rotatable bonds is 4. The van der Waals surface area contributed by atoms with E-state index in [1.807, 2.05) is 11.8 Å². The molecule has 1 aromatic rings. The zero-order chi connectivity index (χ0) is 16.4. The zero-order valence-electron chi connectivity index (χ0n) is 13.2. The quantitative estimate of drug-likeness (QED) is 0.678. The Labute approximate surface area is 134 Å². The monoisotopic (exact) mass is 319 g/mol. The van der Waals surface area contributed by atoms with Crippen LogP contribution in [0.3, 0.4) is 0 Å². The van der Waals surface area contributed by atoms with Gasteiger partial charge in [-0.25, -0.2) is 0 Å². The van der Waals surface area contributed by atoms with Crippen molar-refractivity contribution in [2.24, 2.45) is 0 Å². The van der Waals surface area contributed by atoms with Crippen LogP contribution in [0.15, 0.2) is 18.2 Å². The minimum absolute atomic E-state index is 0.00733. The highest BCUT2D eigenvalue weighted by Gasteiger charge is 2.37. The Kier molecular flexibility index (Phi) is 4.47. The van der Waals surface area contributed by atoms with E-state index in [0.717, 1.165) is 18.4 Å². The molecule has 124 valence electrons. The fourth-order valence-electron chi connectivity index (χ4n) is 3.31. The van der Waals surface area contributed by atoms with E-state index in [2.05, 4.69) is 5.32 Å². The second kappa shape index (κ2) is 6.54. The largest absolute Gasteiger partial charge is 0.381 e. The number of benzene rings is 1. The fraction of sp³-hybridized carbons (Fsp3) is 0.562. The second-order valence-electron chi connectivity index (χ2n) is 6.14. The third-order valence-corrected chi connectivity index (χ3v) is 4.55. The summed E-state index contributed by atoms with van der Waals surface area (Å²) < 4.78 is 5.34. The first-order valence-corrected chi connectivity index (χ1v) is 7.96. The van der Waals surface area contributed by atoms with Gasteiger partial charge in [0.1, 0.15) is 11.7 Å². The van der Waals surface area contributed by atoms with E-state index >= 15 is 0 Å². The molecule has 0 aromatic heterocycles. The number of amides is 1. The Balaban J connectivity index is 1.73. The molecule has 2 saturated heterocycles. The minimum Gasteiger partial charge on any atom is -0.381 e. The van der Waals surface area contributed by atoms with Crippen molar-refractivity contribution in [3.8, 4) is 0 Å². The van der Waals surface area contributed by atoms with Crippen molar-refractivity contribution in [3.63, 3.8) is 0 Å². The number of aryl methyl sites for hydroxylation is 1. The van der Waals surface area contributed by atoms with Crippen LogP contribution in [0.4, 0.5) is 11.4 Å². The molecule has 0 bridgehead atoms. The highest BCUT2D eigenvalue weighted by Crippen LogP contribution is 2.29. The standard InChI is InChI=1S/C16H21N3O4/c1-11-2-3-15(19(21)22)14(10-11)17-13-4-7-18(16(13)20)12-5-8-23-9-6-12/h2-3,10,12-13,17H,4-9H2,1H3/t13-/m0/s1. The lowest BCUT2D eigenvalue weighted by Gasteiger charge is -2.31. The molecule has 7 heteroatoms. The average Bonchev–Trinajstić information content (AvgIpc) is 2.89. The summed E-state index contributed by atoms with van der Waals surface area (Å²) in [6.07, 6.45) is 2.40. The van der Waals surface area contributed by atoms with Crippen LogP contribution in [0.2, 0.25) is 0 Å². The van der Waals surface area contributed by atoms with E-state index in [-0.39, 0.29) is 17.6 Å². The molecule has 1 amide bonds. The van der Waals surface area contributed by atoms with Crippen molar-refractivity contribution in [1.82, 2.24) is 4.90 Å². The number of carbonyl (C=O) groups is 1. The van der Waals surface area contributed by atoms with Crippen LogP contribution in [0.5, 0.6) is 0 Å². The highest BCUT2D eigenvalue weighted by molar-refractivity contribution is 5.87. The number of nitro groups is 1. The van der Waals surface area contributed by atoms with Crippen LogP contribution >= 0.6 is 0 Å². The number of hydrogen-bond donors (Lipinski definition) is 1. The van der Waals surface area contributed by atoms with Gasteiger partial charge in [-0.1, -0.05) is 6.07 Å². The second-order valence-corrected chi connectivity index (χ2v) is 6.14. The van der Waals surface area contributed by atoms with E-state index in [1.165, 1.54) is 6.07 Å². The Hall–Kier alpha value is -2.15. The van der Waals surface area contributed by atoms with Crippen LogP contribution in [0, 0.1) is 17.0 Å². The molecule has 0 saturated carbocycles. The maximum Gasteiger partial charge on any atom is 0.292 e. The summed E-state index contributed by atoms with van der Waals surface area (Å²) >= 11 is 0.